The first-order valence-electron chi connectivity index (χ1n) is 2.18. The Kier molecular flexibility index (Phi) is 1.48. The Bertz CT molecular complexity index is 172. The first kappa shape index (κ1) is 5.55. The average molecular weight is 130 g/mol. The van der Waals surface area contributed by atoms with Crippen LogP contribution in [0.15, 0.2) is 0 Å². The lowest BCUT2D eigenvalue weighted by Gasteiger charge is -1.89. The number of hydrogen-bond acceptors (Lipinski definition) is 4. The van der Waals surface area contributed by atoms with Crippen LogP contribution in [0.25, 0.3) is 0 Å². The summed E-state index contributed by atoms with van der Waals surface area (Å²) in [6.07, 6.45) is 0. The van der Waals surface area contributed by atoms with Crippen molar-refractivity contribution in [3.63, 3.8) is 0 Å². The third-order valence-corrected chi connectivity index (χ3v) is 1.11. The van der Waals surface area contributed by atoms with Crippen molar-refractivity contribution in [2.75, 3.05) is 0 Å². The molecule has 1 aromatic heterocycles. The highest BCUT2D eigenvalue weighted by Crippen LogP contribution is 1.88. The summed E-state index contributed by atoms with van der Waals surface area (Å²) >= 11 is 3.97. The van der Waals surface area contributed by atoms with Crippen LogP contribution in [0.2, 0.25) is 0 Å². The Hall–Kier alpha value is -0.580. The van der Waals surface area contributed by atoms with E-state index >= 15 is 0 Å². The zero-order valence-corrected chi connectivity index (χ0v) is 5.34. The summed E-state index contributed by atoms with van der Waals surface area (Å²) in [5, 5.41) is 10.7. The molecule has 1 heterocycles. The molecule has 0 aliphatic rings. The molecule has 8 heavy (non-hydrogen) atoms. The van der Waals surface area contributed by atoms with Gasteiger partial charge in [-0.1, -0.05) is 0 Å². The summed E-state index contributed by atoms with van der Waals surface area (Å²) in [6.45, 7) is 1.83. The van der Waals surface area contributed by atoms with Crippen molar-refractivity contribution in [1.29, 1.82) is 0 Å². The van der Waals surface area contributed by atoms with E-state index in [0.29, 0.717) is 5.88 Å². The van der Waals surface area contributed by atoms with E-state index in [2.05, 4.69) is 28.2 Å². The molecule has 0 radical (unpaired) electrons. The number of hydrogen-bond donors (Lipinski definition) is 1. The fraction of sp³-hybridized carbons (Fsp3) is 0.667. The largest absolute Gasteiger partial charge is 0.220 e. The van der Waals surface area contributed by atoms with Crippen molar-refractivity contribution >= 4 is 12.6 Å². The second kappa shape index (κ2) is 2.13. The lowest BCUT2D eigenvalue weighted by atomic mass is 10.7. The van der Waals surface area contributed by atoms with Gasteiger partial charge in [0.25, 0.3) is 0 Å². The first-order chi connectivity index (χ1) is 3.84. The summed E-state index contributed by atoms with van der Waals surface area (Å²) < 4.78 is 1.60. The number of aryl methyl sites for hydroxylation is 1. The number of rotatable bonds is 1. The van der Waals surface area contributed by atoms with E-state index < -0.39 is 0 Å². The fourth-order valence-electron chi connectivity index (χ4n) is 0.380. The summed E-state index contributed by atoms with van der Waals surface area (Å²) in [5.41, 5.74) is 0. The minimum atomic E-state index is 0.541. The second-order valence-corrected chi connectivity index (χ2v) is 1.65. The van der Waals surface area contributed by atoms with Crippen LogP contribution in [0.3, 0.4) is 0 Å². The highest BCUT2D eigenvalue weighted by atomic mass is 32.1. The van der Waals surface area contributed by atoms with Crippen molar-refractivity contribution in [2.45, 2.75) is 12.8 Å². The molecular weight excluding hydrogens is 124 g/mol. The van der Waals surface area contributed by atoms with Gasteiger partial charge >= 0.3 is 0 Å². The molecule has 1 aromatic rings. The molecule has 0 atom stereocenters. The zero-order valence-electron chi connectivity index (χ0n) is 4.44. The Morgan fingerprint density at radius 1 is 1.75 bits per heavy atom. The van der Waals surface area contributed by atoms with E-state index in [1.807, 2.05) is 6.92 Å². The van der Waals surface area contributed by atoms with Gasteiger partial charge in [0.2, 0.25) is 0 Å². The number of thiol groups is 1. The number of aromatic nitrogens is 4. The molecule has 0 aliphatic heterocycles. The molecular formula is C3H6N4S. The van der Waals surface area contributed by atoms with Gasteiger partial charge in [0, 0.05) is 0 Å². The van der Waals surface area contributed by atoms with Gasteiger partial charge in [0.1, 0.15) is 5.82 Å². The van der Waals surface area contributed by atoms with Crippen LogP contribution in [0.4, 0.5) is 0 Å². The van der Waals surface area contributed by atoms with E-state index in [1.165, 1.54) is 0 Å². The quantitative estimate of drug-likeness (QED) is 0.538. The van der Waals surface area contributed by atoms with Gasteiger partial charge in [-0.3, -0.25) is 0 Å². The lowest BCUT2D eigenvalue weighted by Crippen LogP contribution is -1.96. The van der Waals surface area contributed by atoms with E-state index in [4.69, 9.17) is 0 Å². The number of nitrogens with zero attached hydrogens (tertiary/aromatic N) is 4. The third kappa shape index (κ3) is 0.812. The molecule has 0 saturated carbocycles. The molecule has 0 amide bonds. The maximum absolute atomic E-state index is 3.97. The van der Waals surface area contributed by atoms with Crippen LogP contribution in [0, 0.1) is 6.92 Å². The minimum Gasteiger partial charge on any atom is -0.220 e. The molecule has 0 fully saturated rings. The first-order valence-corrected chi connectivity index (χ1v) is 2.81. The van der Waals surface area contributed by atoms with Gasteiger partial charge in [-0.2, -0.15) is 12.6 Å². The molecule has 0 aromatic carbocycles. The van der Waals surface area contributed by atoms with Crippen LogP contribution < -0.4 is 0 Å². The molecule has 0 spiro atoms. The minimum absolute atomic E-state index is 0.541. The van der Waals surface area contributed by atoms with Crippen LogP contribution in [-0.2, 0) is 5.88 Å². The molecule has 1 rings (SSSR count). The van der Waals surface area contributed by atoms with Crippen molar-refractivity contribution in [1.82, 2.24) is 20.2 Å². The van der Waals surface area contributed by atoms with Gasteiger partial charge in [-0.25, -0.2) is 4.68 Å². The normalized spacial score (nSPS) is 9.75. The van der Waals surface area contributed by atoms with Crippen molar-refractivity contribution in [3.05, 3.63) is 5.82 Å². The summed E-state index contributed by atoms with van der Waals surface area (Å²) in [5.74, 6) is 1.33. The lowest BCUT2D eigenvalue weighted by molar-refractivity contribution is 0.685. The van der Waals surface area contributed by atoms with Crippen LogP contribution in [0.5, 0.6) is 0 Å². The SMILES string of the molecule is Cc1nnnn1CS. The van der Waals surface area contributed by atoms with E-state index in [9.17, 15) is 0 Å². The molecule has 44 valence electrons. The van der Waals surface area contributed by atoms with Crippen LogP contribution >= 0.6 is 12.6 Å². The highest BCUT2D eigenvalue weighted by Gasteiger charge is 1.92. The molecule has 0 aliphatic carbocycles. The summed E-state index contributed by atoms with van der Waals surface area (Å²) in [4.78, 5) is 0. The van der Waals surface area contributed by atoms with Gasteiger partial charge in [0.05, 0.1) is 5.88 Å². The predicted molar refractivity (Wildman–Crippen MR) is 31.5 cm³/mol. The number of tetrazole rings is 1. The summed E-state index contributed by atoms with van der Waals surface area (Å²) in [7, 11) is 0. The smallest absolute Gasteiger partial charge is 0.149 e. The second-order valence-electron chi connectivity index (χ2n) is 1.37. The molecule has 0 saturated heterocycles. The van der Waals surface area contributed by atoms with Gasteiger partial charge < -0.3 is 0 Å². The van der Waals surface area contributed by atoms with Crippen LogP contribution in [-0.4, -0.2) is 20.2 Å². The van der Waals surface area contributed by atoms with Gasteiger partial charge in [-0.15, -0.1) is 5.10 Å². The molecule has 0 unspecified atom stereocenters. The van der Waals surface area contributed by atoms with Crippen molar-refractivity contribution in [2.24, 2.45) is 0 Å². The monoisotopic (exact) mass is 130 g/mol. The van der Waals surface area contributed by atoms with Crippen LogP contribution in [0.1, 0.15) is 5.82 Å². The molecule has 5 heteroatoms. The maximum Gasteiger partial charge on any atom is 0.149 e. The van der Waals surface area contributed by atoms with E-state index in [1.54, 1.807) is 4.68 Å². The Labute approximate surface area is 52.3 Å². The fourth-order valence-corrected chi connectivity index (χ4v) is 0.641. The van der Waals surface area contributed by atoms with Crippen molar-refractivity contribution in [3.8, 4) is 0 Å². The molecule has 0 bridgehead atoms. The van der Waals surface area contributed by atoms with Crippen molar-refractivity contribution < 1.29 is 0 Å². The average Bonchev–Trinajstić information content (AvgIpc) is 2.14. The third-order valence-electron chi connectivity index (χ3n) is 0.845. The van der Waals surface area contributed by atoms with Gasteiger partial charge in [0.15, 0.2) is 0 Å². The van der Waals surface area contributed by atoms with E-state index in [-0.39, 0.29) is 0 Å². The Balaban J connectivity index is 2.92. The van der Waals surface area contributed by atoms with E-state index in [0.717, 1.165) is 5.82 Å². The molecule has 4 nitrogen and oxygen atoms in total. The topological polar surface area (TPSA) is 43.6 Å². The zero-order chi connectivity index (χ0) is 5.98. The summed E-state index contributed by atoms with van der Waals surface area (Å²) in [6, 6.07) is 0. The maximum atomic E-state index is 3.97. The highest BCUT2D eigenvalue weighted by molar-refractivity contribution is 7.79. The molecule has 0 N–H and O–H groups in total. The predicted octanol–water partition coefficient (Wildman–Crippen LogP) is -0.131. The standard InChI is InChI=1S/C3H6N4S/c1-3-4-5-6-7(3)2-8/h8H,2H2,1H3. The Morgan fingerprint density at radius 2 is 2.50 bits per heavy atom. The Morgan fingerprint density at radius 3 is 2.75 bits per heavy atom. The van der Waals surface area contributed by atoms with Gasteiger partial charge in [-0.05, 0) is 17.4 Å².